The fraction of sp³-hybridized carbons (Fsp3) is 0.250. The molecule has 5 nitrogen and oxygen atoms in total. The Labute approximate surface area is 74.6 Å². The average Bonchev–Trinajstić information content (AvgIpc) is 2.59. The van der Waals surface area contributed by atoms with Gasteiger partial charge in [-0.1, -0.05) is 0 Å². The van der Waals surface area contributed by atoms with Gasteiger partial charge in [0, 0.05) is 6.20 Å². The van der Waals surface area contributed by atoms with E-state index >= 15 is 0 Å². The summed E-state index contributed by atoms with van der Waals surface area (Å²) in [4.78, 5) is 22.9. The van der Waals surface area contributed by atoms with Gasteiger partial charge in [-0.15, -0.1) is 0 Å². The van der Waals surface area contributed by atoms with Gasteiger partial charge in [0.25, 0.3) is 0 Å². The summed E-state index contributed by atoms with van der Waals surface area (Å²) >= 11 is 0. The molecule has 2 heterocycles. The highest BCUT2D eigenvalue weighted by Gasteiger charge is 2.24. The Kier molecular flexibility index (Phi) is 1.77. The van der Waals surface area contributed by atoms with Gasteiger partial charge in [-0.05, 0) is 6.08 Å². The van der Waals surface area contributed by atoms with Gasteiger partial charge in [-0.3, -0.25) is 4.99 Å². The third-order valence-corrected chi connectivity index (χ3v) is 1.73. The van der Waals surface area contributed by atoms with E-state index in [1.165, 1.54) is 7.11 Å². The Bertz CT molecular complexity index is 366. The molecular formula is C8H7N3O2. The Morgan fingerprint density at radius 1 is 1.62 bits per heavy atom. The van der Waals surface area contributed by atoms with E-state index in [1.54, 1.807) is 18.5 Å². The number of amidine groups is 1. The van der Waals surface area contributed by atoms with Crippen LogP contribution in [-0.4, -0.2) is 36.9 Å². The van der Waals surface area contributed by atoms with E-state index < -0.39 is 5.97 Å². The number of methoxy groups -OCH3 is 1. The minimum Gasteiger partial charge on any atom is -0.463 e. The van der Waals surface area contributed by atoms with Crippen molar-refractivity contribution in [1.29, 1.82) is 0 Å². The quantitative estimate of drug-likeness (QED) is 0.528. The average molecular weight is 177 g/mol. The van der Waals surface area contributed by atoms with Crippen molar-refractivity contribution in [2.75, 3.05) is 7.11 Å². The minimum atomic E-state index is -0.510. The molecule has 2 aliphatic rings. The monoisotopic (exact) mass is 177 g/mol. The molecule has 0 radical (unpaired) electrons. The molecule has 0 bridgehead atoms. The number of aliphatic imine (C=N–C) groups is 3. The van der Waals surface area contributed by atoms with Crippen LogP contribution in [0.15, 0.2) is 27.3 Å². The standard InChI is InChI=1S/C8H7N3O2/c1-13-8(12)7-10-5-2-3-9-4-6(5)11-7/h2-5H,1H3. The summed E-state index contributed by atoms with van der Waals surface area (Å²) < 4.78 is 4.49. The zero-order valence-electron chi connectivity index (χ0n) is 6.97. The number of esters is 1. The number of fused-ring (bicyclic) bond motifs is 1. The first-order valence-electron chi connectivity index (χ1n) is 3.76. The van der Waals surface area contributed by atoms with Crippen LogP contribution in [0.2, 0.25) is 0 Å². The van der Waals surface area contributed by atoms with Crippen LogP contribution < -0.4 is 0 Å². The number of ether oxygens (including phenoxy) is 1. The zero-order chi connectivity index (χ0) is 9.26. The maximum absolute atomic E-state index is 11.0. The van der Waals surface area contributed by atoms with Crippen molar-refractivity contribution in [3.8, 4) is 0 Å². The van der Waals surface area contributed by atoms with Gasteiger partial charge in [0.2, 0.25) is 5.84 Å². The first kappa shape index (κ1) is 7.85. The molecule has 1 unspecified atom stereocenters. The van der Waals surface area contributed by atoms with Crippen molar-refractivity contribution in [3.05, 3.63) is 12.3 Å². The Hall–Kier alpha value is -1.78. The molecule has 0 fully saturated rings. The predicted octanol–water partition coefficient (Wildman–Crippen LogP) is -0.0208. The SMILES string of the molecule is COC(=O)C1=NC2C=CN=CC2=N1. The third-order valence-electron chi connectivity index (χ3n) is 1.73. The molecule has 1 atom stereocenters. The summed E-state index contributed by atoms with van der Waals surface area (Å²) in [5.74, 6) is -0.399. The molecule has 0 aromatic rings. The van der Waals surface area contributed by atoms with Gasteiger partial charge < -0.3 is 4.74 Å². The lowest BCUT2D eigenvalue weighted by Gasteiger charge is -2.01. The molecule has 0 aromatic carbocycles. The Morgan fingerprint density at radius 2 is 2.46 bits per heavy atom. The summed E-state index contributed by atoms with van der Waals surface area (Å²) in [6.07, 6.45) is 4.99. The Balaban J connectivity index is 2.27. The highest BCUT2D eigenvalue weighted by atomic mass is 16.5. The fourth-order valence-electron chi connectivity index (χ4n) is 1.10. The highest BCUT2D eigenvalue weighted by molar-refractivity contribution is 6.46. The molecule has 0 N–H and O–H groups in total. The van der Waals surface area contributed by atoms with Gasteiger partial charge in [0.1, 0.15) is 6.04 Å². The van der Waals surface area contributed by atoms with Crippen molar-refractivity contribution >= 4 is 23.7 Å². The molecular weight excluding hydrogens is 170 g/mol. The summed E-state index contributed by atoms with van der Waals surface area (Å²) in [5, 5.41) is 0. The third kappa shape index (κ3) is 1.28. The number of carbonyl (C=O) groups excluding carboxylic acids is 1. The van der Waals surface area contributed by atoms with E-state index in [-0.39, 0.29) is 11.9 Å². The van der Waals surface area contributed by atoms with Crippen molar-refractivity contribution in [1.82, 2.24) is 0 Å². The number of carbonyl (C=O) groups is 1. The van der Waals surface area contributed by atoms with Crippen LogP contribution in [-0.2, 0) is 9.53 Å². The van der Waals surface area contributed by atoms with E-state index in [0.717, 1.165) is 0 Å². The number of hydrogen-bond donors (Lipinski definition) is 0. The van der Waals surface area contributed by atoms with Crippen molar-refractivity contribution < 1.29 is 9.53 Å². The number of nitrogens with zero attached hydrogens (tertiary/aromatic N) is 3. The van der Waals surface area contributed by atoms with Crippen LogP contribution in [0.5, 0.6) is 0 Å². The minimum absolute atomic E-state index is 0.112. The number of rotatable bonds is 1. The maximum Gasteiger partial charge on any atom is 0.375 e. The summed E-state index contributed by atoms with van der Waals surface area (Å²) in [6.45, 7) is 0. The molecule has 0 amide bonds. The Morgan fingerprint density at radius 3 is 3.15 bits per heavy atom. The van der Waals surface area contributed by atoms with Gasteiger partial charge in [-0.25, -0.2) is 14.8 Å². The molecule has 2 aliphatic heterocycles. The van der Waals surface area contributed by atoms with Crippen LogP contribution in [0.1, 0.15) is 0 Å². The normalized spacial score (nSPS) is 23.6. The topological polar surface area (TPSA) is 63.4 Å². The van der Waals surface area contributed by atoms with Crippen LogP contribution in [0, 0.1) is 0 Å². The second-order valence-electron chi connectivity index (χ2n) is 2.55. The lowest BCUT2D eigenvalue weighted by Crippen LogP contribution is -2.15. The second kappa shape index (κ2) is 2.93. The van der Waals surface area contributed by atoms with Crippen molar-refractivity contribution in [2.45, 2.75) is 6.04 Å². The summed E-state index contributed by atoms with van der Waals surface area (Å²) in [7, 11) is 1.30. The van der Waals surface area contributed by atoms with E-state index in [4.69, 9.17) is 0 Å². The van der Waals surface area contributed by atoms with Gasteiger partial charge in [0.15, 0.2) is 0 Å². The highest BCUT2D eigenvalue weighted by Crippen LogP contribution is 2.10. The smallest absolute Gasteiger partial charge is 0.375 e. The van der Waals surface area contributed by atoms with E-state index in [1.807, 2.05) is 0 Å². The zero-order valence-corrected chi connectivity index (χ0v) is 6.97. The first-order chi connectivity index (χ1) is 6.31. The molecule has 2 rings (SSSR count). The largest absolute Gasteiger partial charge is 0.463 e. The maximum atomic E-state index is 11.0. The van der Waals surface area contributed by atoms with Gasteiger partial charge in [-0.2, -0.15) is 0 Å². The summed E-state index contributed by atoms with van der Waals surface area (Å²) in [6, 6.07) is -0.161. The molecule has 0 saturated heterocycles. The molecule has 0 saturated carbocycles. The van der Waals surface area contributed by atoms with E-state index in [9.17, 15) is 4.79 Å². The lowest BCUT2D eigenvalue weighted by molar-refractivity contribution is -0.132. The van der Waals surface area contributed by atoms with Crippen LogP contribution in [0.4, 0.5) is 0 Å². The molecule has 13 heavy (non-hydrogen) atoms. The van der Waals surface area contributed by atoms with Crippen LogP contribution in [0.3, 0.4) is 0 Å². The second-order valence-corrected chi connectivity index (χ2v) is 2.55. The molecule has 5 heteroatoms. The van der Waals surface area contributed by atoms with Gasteiger partial charge >= 0.3 is 5.97 Å². The fourth-order valence-corrected chi connectivity index (χ4v) is 1.10. The van der Waals surface area contributed by atoms with Crippen LogP contribution in [0.25, 0.3) is 0 Å². The van der Waals surface area contributed by atoms with Crippen LogP contribution >= 0.6 is 0 Å². The first-order valence-corrected chi connectivity index (χ1v) is 3.76. The van der Waals surface area contributed by atoms with E-state index in [2.05, 4.69) is 19.7 Å². The molecule has 0 spiro atoms. The van der Waals surface area contributed by atoms with Gasteiger partial charge in [0.05, 0.1) is 19.0 Å². The van der Waals surface area contributed by atoms with Crippen molar-refractivity contribution in [3.63, 3.8) is 0 Å². The predicted molar refractivity (Wildman–Crippen MR) is 48.3 cm³/mol. The molecule has 0 aliphatic carbocycles. The lowest BCUT2D eigenvalue weighted by atomic mass is 10.2. The van der Waals surface area contributed by atoms with E-state index in [0.29, 0.717) is 5.71 Å². The van der Waals surface area contributed by atoms with Crippen molar-refractivity contribution in [2.24, 2.45) is 15.0 Å². The molecule has 66 valence electrons. The number of hydrogen-bond acceptors (Lipinski definition) is 5. The molecule has 0 aromatic heterocycles. The summed E-state index contributed by atoms with van der Waals surface area (Å²) in [5.41, 5.74) is 0.683.